The van der Waals surface area contributed by atoms with Crippen molar-refractivity contribution in [1.82, 2.24) is 39.4 Å². The first-order valence-corrected chi connectivity index (χ1v) is 10.8. The number of oxazole rings is 1. The Morgan fingerprint density at radius 1 is 1.15 bits per heavy atom. The van der Waals surface area contributed by atoms with Gasteiger partial charge in [0, 0.05) is 30.7 Å². The zero-order chi connectivity index (χ0) is 23.0. The van der Waals surface area contributed by atoms with Crippen molar-refractivity contribution in [3.8, 4) is 11.6 Å². The third-order valence-corrected chi connectivity index (χ3v) is 6.53. The molecule has 0 aliphatic carbocycles. The number of halogens is 1. The summed E-state index contributed by atoms with van der Waals surface area (Å²) in [4.78, 5) is 40.4. The maximum atomic E-state index is 16.0. The Labute approximate surface area is 191 Å². The third-order valence-electron chi connectivity index (χ3n) is 6.53. The molecule has 0 spiro atoms. The highest BCUT2D eigenvalue weighted by molar-refractivity contribution is 5.95. The van der Waals surface area contributed by atoms with Gasteiger partial charge in [0.1, 0.15) is 17.4 Å². The van der Waals surface area contributed by atoms with E-state index >= 15 is 4.39 Å². The second-order valence-electron chi connectivity index (χ2n) is 8.46. The first-order chi connectivity index (χ1) is 16.6. The zero-order valence-electron chi connectivity index (χ0n) is 17.9. The highest BCUT2D eigenvalue weighted by Gasteiger charge is 2.52. The second-order valence-corrected chi connectivity index (χ2v) is 8.46. The van der Waals surface area contributed by atoms with Crippen molar-refractivity contribution >= 4 is 16.8 Å². The number of benzene rings is 1. The molecule has 0 saturated heterocycles. The summed E-state index contributed by atoms with van der Waals surface area (Å²) in [7, 11) is 1.77. The van der Waals surface area contributed by atoms with Gasteiger partial charge in [-0.15, -0.1) is 0 Å². The van der Waals surface area contributed by atoms with Gasteiger partial charge in [0.05, 0.1) is 36.1 Å². The minimum Gasteiger partial charge on any atom is -0.429 e. The average Bonchev–Trinajstić information content (AvgIpc) is 3.60. The molecular weight excluding hydrogens is 439 g/mol. The molecule has 34 heavy (non-hydrogen) atoms. The van der Waals surface area contributed by atoms with Crippen LogP contribution >= 0.6 is 0 Å². The Bertz CT molecular complexity index is 1590. The fraction of sp³-hybridized carbons (Fsp3) is 0.217. The lowest BCUT2D eigenvalue weighted by Gasteiger charge is -2.43. The summed E-state index contributed by atoms with van der Waals surface area (Å²) in [6.45, 7) is 0. The van der Waals surface area contributed by atoms with Gasteiger partial charge in [-0.05, 0) is 6.07 Å². The fourth-order valence-electron chi connectivity index (χ4n) is 4.88. The normalized spacial score (nSPS) is 21.4. The maximum Gasteiger partial charge on any atom is 0.293 e. The van der Waals surface area contributed by atoms with E-state index in [1.807, 2.05) is 24.3 Å². The lowest BCUT2D eigenvalue weighted by molar-refractivity contribution is 0.0284. The van der Waals surface area contributed by atoms with Crippen molar-refractivity contribution in [1.29, 1.82) is 0 Å². The number of fused-ring (bicyclic) bond motifs is 4. The predicted molar refractivity (Wildman–Crippen MR) is 116 cm³/mol. The number of imidazole rings is 2. The number of carbonyl (C=O) groups excluding carboxylic acids is 1. The van der Waals surface area contributed by atoms with E-state index < -0.39 is 24.2 Å². The van der Waals surface area contributed by atoms with E-state index in [0.717, 1.165) is 16.6 Å². The molecule has 11 heteroatoms. The molecule has 1 N–H and O–H groups in total. The predicted octanol–water partition coefficient (Wildman–Crippen LogP) is 2.92. The summed E-state index contributed by atoms with van der Waals surface area (Å²) in [5.74, 6) is -0.0712. The number of para-hydroxylation sites is 1. The molecule has 7 rings (SSSR count). The minimum absolute atomic E-state index is 0.00333. The van der Waals surface area contributed by atoms with Crippen molar-refractivity contribution < 1.29 is 13.6 Å². The number of aromatic amines is 1. The van der Waals surface area contributed by atoms with Crippen molar-refractivity contribution in [2.24, 2.45) is 7.05 Å². The number of alkyl halides is 1. The molecule has 1 aromatic carbocycles. The van der Waals surface area contributed by atoms with Crippen LogP contribution in [0.1, 0.15) is 45.7 Å². The monoisotopic (exact) mass is 456 g/mol. The van der Waals surface area contributed by atoms with Crippen LogP contribution in [0.15, 0.2) is 53.7 Å². The number of hydrogen-bond acceptors (Lipinski definition) is 7. The van der Waals surface area contributed by atoms with Gasteiger partial charge in [-0.3, -0.25) is 4.79 Å². The minimum atomic E-state index is -1.56. The van der Waals surface area contributed by atoms with E-state index in [9.17, 15) is 4.79 Å². The van der Waals surface area contributed by atoms with Gasteiger partial charge in [-0.25, -0.2) is 29.3 Å². The molecule has 2 aliphatic heterocycles. The van der Waals surface area contributed by atoms with Crippen LogP contribution in [0.5, 0.6) is 0 Å². The molecule has 168 valence electrons. The van der Waals surface area contributed by atoms with Crippen LogP contribution in [0.25, 0.3) is 22.5 Å². The number of hydrogen-bond donors (Lipinski definition) is 1. The smallest absolute Gasteiger partial charge is 0.293 e. The summed E-state index contributed by atoms with van der Waals surface area (Å²) in [6.07, 6.45) is 5.10. The van der Waals surface area contributed by atoms with Gasteiger partial charge in [-0.2, -0.15) is 0 Å². The molecule has 5 aromatic rings. The number of rotatable bonds is 2. The highest BCUT2D eigenvalue weighted by atomic mass is 19.1. The first-order valence-electron chi connectivity index (χ1n) is 10.8. The summed E-state index contributed by atoms with van der Waals surface area (Å²) in [5.41, 5.74) is 2.63. The van der Waals surface area contributed by atoms with Crippen molar-refractivity contribution in [3.63, 3.8) is 0 Å². The number of nitrogens with one attached hydrogen (secondary N) is 1. The lowest BCUT2D eigenvalue weighted by Crippen LogP contribution is -2.53. The Kier molecular flexibility index (Phi) is 3.82. The van der Waals surface area contributed by atoms with E-state index in [4.69, 9.17) is 9.40 Å². The number of H-pyrrole nitrogens is 1. The molecule has 3 atom stereocenters. The second kappa shape index (κ2) is 6.80. The largest absolute Gasteiger partial charge is 0.429 e. The first kappa shape index (κ1) is 19.1. The van der Waals surface area contributed by atoms with Crippen LogP contribution in [0.2, 0.25) is 0 Å². The molecule has 1 amide bonds. The van der Waals surface area contributed by atoms with Crippen LogP contribution in [-0.4, -0.2) is 51.3 Å². The molecule has 0 fully saturated rings. The number of carbonyl (C=O) groups is 1. The molecular formula is C23H17FN8O2. The number of nitrogens with zero attached hydrogens (tertiary/aromatic N) is 7. The molecule has 0 bridgehead atoms. The topological polar surface area (TPSA) is 119 Å². The third kappa shape index (κ3) is 2.54. The van der Waals surface area contributed by atoms with Gasteiger partial charge >= 0.3 is 0 Å². The van der Waals surface area contributed by atoms with E-state index in [1.54, 1.807) is 36.7 Å². The van der Waals surface area contributed by atoms with Gasteiger partial charge < -0.3 is 18.9 Å². The van der Waals surface area contributed by atoms with Crippen LogP contribution in [-0.2, 0) is 13.5 Å². The standard InChI is InChI=1S/C23H17FN8O2/c1-31-10-25-8-15(31)22-30-18-16(24)14-6-13-17(28-9-27-13)19(32(14)23(33)20(18)34-22)21-26-7-11-4-2-3-5-12(11)29-21/h2-5,7-10,14,16,19H,6H2,1H3,(H,27,28)/t14?,16?,19-/m1/s1. The van der Waals surface area contributed by atoms with Gasteiger partial charge in [0.25, 0.3) is 5.91 Å². The average molecular weight is 456 g/mol. The molecule has 4 aromatic heterocycles. The zero-order valence-corrected chi connectivity index (χ0v) is 17.9. The van der Waals surface area contributed by atoms with Gasteiger partial charge in [0.2, 0.25) is 11.7 Å². The number of amides is 1. The highest BCUT2D eigenvalue weighted by Crippen LogP contribution is 2.46. The maximum absolute atomic E-state index is 16.0. The molecule has 2 aliphatic rings. The SMILES string of the molecule is Cn1cncc1-c1nc2c(o1)C(=O)N1C(Cc3[nH]cnc3[C@@H]1c1ncc3ccccc3n1)C2F. The molecule has 0 radical (unpaired) electrons. The number of aryl methyl sites for hydroxylation is 1. The summed E-state index contributed by atoms with van der Waals surface area (Å²) in [5, 5.41) is 0.868. The van der Waals surface area contributed by atoms with Crippen LogP contribution in [0, 0.1) is 0 Å². The Hall–Kier alpha value is -4.41. The van der Waals surface area contributed by atoms with Gasteiger partial charge in [0.15, 0.2) is 12.0 Å². The van der Waals surface area contributed by atoms with Gasteiger partial charge in [-0.1, -0.05) is 18.2 Å². The number of aromatic nitrogens is 7. The Balaban J connectivity index is 1.39. The summed E-state index contributed by atoms with van der Waals surface area (Å²) in [6, 6.07) is 5.99. The molecule has 10 nitrogen and oxygen atoms in total. The van der Waals surface area contributed by atoms with E-state index in [0.29, 0.717) is 17.2 Å². The van der Waals surface area contributed by atoms with Crippen molar-refractivity contribution in [2.75, 3.05) is 0 Å². The molecule has 0 saturated carbocycles. The Morgan fingerprint density at radius 3 is 2.88 bits per heavy atom. The lowest BCUT2D eigenvalue weighted by atomic mass is 9.88. The van der Waals surface area contributed by atoms with Crippen molar-refractivity contribution in [2.45, 2.75) is 24.7 Å². The van der Waals surface area contributed by atoms with Crippen LogP contribution in [0.3, 0.4) is 0 Å². The summed E-state index contributed by atoms with van der Waals surface area (Å²) >= 11 is 0. The summed E-state index contributed by atoms with van der Waals surface area (Å²) < 4.78 is 23.5. The van der Waals surface area contributed by atoms with Crippen molar-refractivity contribution in [3.05, 3.63) is 78.0 Å². The Morgan fingerprint density at radius 2 is 2.03 bits per heavy atom. The van der Waals surface area contributed by atoms with Crippen LogP contribution < -0.4 is 0 Å². The van der Waals surface area contributed by atoms with E-state index in [-0.39, 0.29) is 23.8 Å². The quantitative estimate of drug-likeness (QED) is 0.434. The van der Waals surface area contributed by atoms with E-state index in [2.05, 4.69) is 24.9 Å². The fourth-order valence-corrected chi connectivity index (χ4v) is 4.88. The van der Waals surface area contributed by atoms with E-state index in [1.165, 1.54) is 4.90 Å². The van der Waals surface area contributed by atoms with Crippen LogP contribution in [0.4, 0.5) is 4.39 Å². The molecule has 6 heterocycles. The molecule has 2 unspecified atom stereocenters.